The minimum Gasteiger partial charge on any atom is -0.486 e. The molecule has 2 N–H and O–H groups in total. The molecule has 1 fully saturated rings. The first-order valence-corrected chi connectivity index (χ1v) is 8.18. The number of halogens is 1. The molecule has 2 atom stereocenters. The summed E-state index contributed by atoms with van der Waals surface area (Å²) in [5, 5.41) is 6.47. The molecular weight excluding hydrogens is 316 g/mol. The zero-order valence-electron chi connectivity index (χ0n) is 13.5. The second kappa shape index (κ2) is 8.41. The Bertz CT molecular complexity index is 533. The molecule has 0 aromatic heterocycles. The molecule has 0 spiro atoms. The maximum atomic E-state index is 12.4. The minimum absolute atomic E-state index is 0. The molecule has 1 aromatic carbocycles. The molecule has 5 nitrogen and oxygen atoms in total. The summed E-state index contributed by atoms with van der Waals surface area (Å²) in [4.78, 5) is 12.4. The Morgan fingerprint density at radius 1 is 1.35 bits per heavy atom. The van der Waals surface area contributed by atoms with E-state index in [0.717, 1.165) is 49.4 Å². The number of amides is 1. The molecule has 0 radical (unpaired) electrons. The zero-order chi connectivity index (χ0) is 15.4. The van der Waals surface area contributed by atoms with Gasteiger partial charge in [-0.15, -0.1) is 12.4 Å². The van der Waals surface area contributed by atoms with E-state index in [2.05, 4.69) is 17.6 Å². The number of rotatable bonds is 4. The summed E-state index contributed by atoms with van der Waals surface area (Å²) < 4.78 is 11.2. The number of piperidine rings is 1. The highest BCUT2D eigenvalue weighted by Crippen LogP contribution is 2.33. The lowest BCUT2D eigenvalue weighted by Crippen LogP contribution is -2.41. The van der Waals surface area contributed by atoms with Crippen molar-refractivity contribution in [2.24, 2.45) is 5.92 Å². The van der Waals surface area contributed by atoms with Gasteiger partial charge >= 0.3 is 0 Å². The van der Waals surface area contributed by atoms with Gasteiger partial charge in [-0.3, -0.25) is 4.79 Å². The van der Waals surface area contributed by atoms with E-state index in [1.54, 1.807) is 0 Å². The topological polar surface area (TPSA) is 59.6 Å². The minimum atomic E-state index is 0. The summed E-state index contributed by atoms with van der Waals surface area (Å²) in [6, 6.07) is 5.95. The molecule has 1 aromatic rings. The van der Waals surface area contributed by atoms with Gasteiger partial charge in [0.1, 0.15) is 13.2 Å². The van der Waals surface area contributed by atoms with Crippen LogP contribution in [0.1, 0.15) is 37.8 Å². The van der Waals surface area contributed by atoms with Crippen LogP contribution in [-0.2, 0) is 4.79 Å². The van der Waals surface area contributed by atoms with Crippen LogP contribution in [0.3, 0.4) is 0 Å². The predicted molar refractivity (Wildman–Crippen MR) is 91.4 cm³/mol. The first kappa shape index (κ1) is 17.9. The van der Waals surface area contributed by atoms with Gasteiger partial charge in [-0.2, -0.15) is 0 Å². The largest absolute Gasteiger partial charge is 0.486 e. The number of ether oxygens (including phenoxy) is 2. The van der Waals surface area contributed by atoms with Crippen molar-refractivity contribution >= 4 is 18.3 Å². The molecule has 2 aliphatic heterocycles. The van der Waals surface area contributed by atoms with E-state index in [1.165, 1.54) is 0 Å². The monoisotopic (exact) mass is 340 g/mol. The number of hydrogen-bond donors (Lipinski definition) is 2. The summed E-state index contributed by atoms with van der Waals surface area (Å²) in [6.45, 7) is 5.05. The van der Waals surface area contributed by atoms with E-state index in [9.17, 15) is 4.79 Å². The van der Waals surface area contributed by atoms with Gasteiger partial charge in [-0.1, -0.05) is 13.0 Å². The Kier molecular flexibility index (Phi) is 6.54. The van der Waals surface area contributed by atoms with E-state index in [-0.39, 0.29) is 30.3 Å². The molecule has 23 heavy (non-hydrogen) atoms. The molecular formula is C17H25ClN2O3. The van der Waals surface area contributed by atoms with Crippen LogP contribution in [0.5, 0.6) is 11.5 Å². The predicted octanol–water partition coefficient (Wildman–Crippen LogP) is 2.45. The summed E-state index contributed by atoms with van der Waals surface area (Å²) in [7, 11) is 0. The maximum absolute atomic E-state index is 12.4. The summed E-state index contributed by atoms with van der Waals surface area (Å²) in [5.41, 5.74) is 1.07. The van der Waals surface area contributed by atoms with Crippen molar-refractivity contribution in [3.63, 3.8) is 0 Å². The Morgan fingerprint density at radius 3 is 2.83 bits per heavy atom. The molecule has 2 aliphatic rings. The number of nitrogens with one attached hydrogen (secondary N) is 2. The van der Waals surface area contributed by atoms with E-state index in [4.69, 9.17) is 9.47 Å². The first-order valence-electron chi connectivity index (χ1n) is 8.18. The SMILES string of the molecule is CCC(NC(=O)C1CCCNC1)c1ccc2c(c1)OCCO2.Cl. The van der Waals surface area contributed by atoms with Crippen molar-refractivity contribution in [1.82, 2.24) is 10.6 Å². The fourth-order valence-corrected chi connectivity index (χ4v) is 3.06. The van der Waals surface area contributed by atoms with Crippen molar-refractivity contribution in [3.05, 3.63) is 23.8 Å². The standard InChI is InChI=1S/C17H24N2O3.ClH/c1-2-14(19-17(20)13-4-3-7-18-11-13)12-5-6-15-16(10-12)22-9-8-21-15;/h5-6,10,13-14,18H,2-4,7-9,11H2,1H3,(H,19,20);1H. The van der Waals surface area contributed by atoms with Crippen LogP contribution in [0, 0.1) is 5.92 Å². The van der Waals surface area contributed by atoms with Crippen molar-refractivity contribution in [1.29, 1.82) is 0 Å². The summed E-state index contributed by atoms with van der Waals surface area (Å²) >= 11 is 0. The van der Waals surface area contributed by atoms with E-state index < -0.39 is 0 Å². The number of carbonyl (C=O) groups is 1. The highest BCUT2D eigenvalue weighted by atomic mass is 35.5. The van der Waals surface area contributed by atoms with Crippen molar-refractivity contribution < 1.29 is 14.3 Å². The number of fused-ring (bicyclic) bond motifs is 1. The van der Waals surface area contributed by atoms with Gasteiger partial charge in [0.2, 0.25) is 5.91 Å². The van der Waals surface area contributed by atoms with Crippen LogP contribution in [0.2, 0.25) is 0 Å². The molecule has 128 valence electrons. The average molecular weight is 341 g/mol. The molecule has 2 heterocycles. The van der Waals surface area contributed by atoms with E-state index >= 15 is 0 Å². The van der Waals surface area contributed by atoms with Gasteiger partial charge in [-0.25, -0.2) is 0 Å². The molecule has 6 heteroatoms. The lowest BCUT2D eigenvalue weighted by molar-refractivity contribution is -0.126. The van der Waals surface area contributed by atoms with Crippen LogP contribution >= 0.6 is 12.4 Å². The van der Waals surface area contributed by atoms with Crippen LogP contribution < -0.4 is 20.1 Å². The van der Waals surface area contributed by atoms with Crippen molar-refractivity contribution in [3.8, 4) is 11.5 Å². The second-order valence-corrected chi connectivity index (χ2v) is 5.92. The van der Waals surface area contributed by atoms with Crippen LogP contribution in [0.4, 0.5) is 0 Å². The summed E-state index contributed by atoms with van der Waals surface area (Å²) in [5.74, 6) is 1.79. The molecule has 0 bridgehead atoms. The number of hydrogen-bond acceptors (Lipinski definition) is 4. The van der Waals surface area contributed by atoms with Gasteiger partial charge in [0, 0.05) is 6.54 Å². The average Bonchev–Trinajstić information content (AvgIpc) is 2.59. The molecule has 1 amide bonds. The quantitative estimate of drug-likeness (QED) is 0.884. The van der Waals surface area contributed by atoms with Crippen molar-refractivity contribution in [2.45, 2.75) is 32.2 Å². The Hall–Kier alpha value is -1.46. The molecule has 3 rings (SSSR count). The van der Waals surface area contributed by atoms with Gasteiger partial charge in [0.25, 0.3) is 0 Å². The fourth-order valence-electron chi connectivity index (χ4n) is 3.06. The molecule has 0 aliphatic carbocycles. The Balaban J connectivity index is 0.00000192. The maximum Gasteiger partial charge on any atom is 0.224 e. The first-order chi connectivity index (χ1) is 10.8. The Morgan fingerprint density at radius 2 is 2.13 bits per heavy atom. The second-order valence-electron chi connectivity index (χ2n) is 5.92. The summed E-state index contributed by atoms with van der Waals surface area (Å²) in [6.07, 6.45) is 2.89. The molecule has 0 saturated carbocycles. The van der Waals surface area contributed by atoms with Gasteiger partial charge in [0.05, 0.1) is 12.0 Å². The van der Waals surface area contributed by atoms with Crippen LogP contribution in [0.25, 0.3) is 0 Å². The van der Waals surface area contributed by atoms with E-state index in [1.807, 2.05) is 18.2 Å². The highest BCUT2D eigenvalue weighted by Gasteiger charge is 2.24. The normalized spacial score (nSPS) is 21.0. The Labute approximate surface area is 143 Å². The van der Waals surface area contributed by atoms with E-state index in [0.29, 0.717) is 13.2 Å². The smallest absolute Gasteiger partial charge is 0.224 e. The lowest BCUT2D eigenvalue weighted by atomic mass is 9.97. The number of benzene rings is 1. The molecule has 2 unspecified atom stereocenters. The van der Waals surface area contributed by atoms with Crippen LogP contribution in [0.15, 0.2) is 18.2 Å². The van der Waals surface area contributed by atoms with Gasteiger partial charge in [-0.05, 0) is 43.5 Å². The zero-order valence-corrected chi connectivity index (χ0v) is 14.3. The molecule has 1 saturated heterocycles. The van der Waals surface area contributed by atoms with Crippen molar-refractivity contribution in [2.75, 3.05) is 26.3 Å². The third kappa shape index (κ3) is 4.30. The fraction of sp³-hybridized carbons (Fsp3) is 0.588. The van der Waals surface area contributed by atoms with Gasteiger partial charge < -0.3 is 20.1 Å². The third-order valence-corrected chi connectivity index (χ3v) is 4.36. The number of carbonyl (C=O) groups excluding carboxylic acids is 1. The third-order valence-electron chi connectivity index (χ3n) is 4.36. The lowest BCUT2D eigenvalue weighted by Gasteiger charge is -2.26. The van der Waals surface area contributed by atoms with Gasteiger partial charge in [0.15, 0.2) is 11.5 Å². The highest BCUT2D eigenvalue weighted by molar-refractivity contribution is 5.85. The van der Waals surface area contributed by atoms with Crippen LogP contribution in [-0.4, -0.2) is 32.2 Å².